The van der Waals surface area contributed by atoms with E-state index in [-0.39, 0.29) is 42.4 Å². The molecule has 4 atom stereocenters. The highest BCUT2D eigenvalue weighted by Crippen LogP contribution is 2.49. The number of ether oxygens (including phenoxy) is 2. The molecule has 2 heterocycles. The van der Waals surface area contributed by atoms with Crippen LogP contribution in [-0.4, -0.2) is 62.2 Å². The van der Waals surface area contributed by atoms with Crippen molar-refractivity contribution in [3.05, 3.63) is 22.7 Å². The maximum absolute atomic E-state index is 13.6. The highest BCUT2D eigenvalue weighted by atomic mass is 35.5. The van der Waals surface area contributed by atoms with E-state index in [1.165, 1.54) is 19.2 Å². The van der Waals surface area contributed by atoms with Crippen molar-refractivity contribution in [1.29, 1.82) is 0 Å². The van der Waals surface area contributed by atoms with Gasteiger partial charge in [0, 0.05) is 23.8 Å². The second kappa shape index (κ2) is 13.5. The zero-order chi connectivity index (χ0) is 28.9. The van der Waals surface area contributed by atoms with E-state index in [0.717, 1.165) is 16.3 Å². The second-order valence-corrected chi connectivity index (χ2v) is 14.3. The van der Waals surface area contributed by atoms with Gasteiger partial charge < -0.3 is 15.2 Å². The first-order valence-electron chi connectivity index (χ1n) is 11.9. The summed E-state index contributed by atoms with van der Waals surface area (Å²) in [6, 6.07) is 0.355. The van der Waals surface area contributed by atoms with Gasteiger partial charge in [0.25, 0.3) is 0 Å². The number of anilines is 1. The van der Waals surface area contributed by atoms with Crippen LogP contribution in [0.1, 0.15) is 54.2 Å². The average Bonchev–Trinajstić information content (AvgIpc) is 3.08. The molecule has 1 saturated heterocycles. The Hall–Kier alpha value is -1.18. The Bertz CT molecular complexity index is 1100. The van der Waals surface area contributed by atoms with Crippen molar-refractivity contribution in [2.24, 2.45) is 5.41 Å². The van der Waals surface area contributed by atoms with Gasteiger partial charge in [0.1, 0.15) is 11.9 Å². The molecule has 0 radical (unpaired) electrons. The molecule has 0 aliphatic carbocycles. The number of halogens is 2. The number of aromatic nitrogens is 2. The smallest absolute Gasteiger partial charge is 0.406 e. The van der Waals surface area contributed by atoms with Crippen LogP contribution in [0.25, 0.3) is 0 Å². The summed E-state index contributed by atoms with van der Waals surface area (Å²) in [4.78, 5) is 40.4. The Labute approximate surface area is 236 Å². The summed E-state index contributed by atoms with van der Waals surface area (Å²) in [6.07, 6.45) is -0.936. The summed E-state index contributed by atoms with van der Waals surface area (Å²) in [5.74, 6) is -0.425. The van der Waals surface area contributed by atoms with Crippen LogP contribution < -0.4 is 16.5 Å². The SMILES string of the molecule is CC(C)OC(=O)[C@H](C)N[P@](=O)(OCCSC(=O)C(C)(C)C)OC[C@@H]1CC(Cl)(Cl)[C@H](n2ccc(N)nc2=O)O1. The molecule has 2 rings (SSSR count). The Balaban J connectivity index is 2.10. The molecular weight excluding hydrogens is 582 g/mol. The lowest BCUT2D eigenvalue weighted by atomic mass is 10.00. The summed E-state index contributed by atoms with van der Waals surface area (Å²) >= 11 is 13.9. The Morgan fingerprint density at radius 2 is 2.00 bits per heavy atom. The number of esters is 1. The molecule has 38 heavy (non-hydrogen) atoms. The molecule has 16 heteroatoms. The lowest BCUT2D eigenvalue weighted by Gasteiger charge is -2.24. The van der Waals surface area contributed by atoms with Crippen LogP contribution in [0.4, 0.5) is 5.82 Å². The number of hydrogen-bond donors (Lipinski definition) is 2. The van der Waals surface area contributed by atoms with Crippen LogP contribution in [0.5, 0.6) is 0 Å². The van der Waals surface area contributed by atoms with E-state index < -0.39 is 47.5 Å². The first-order valence-corrected chi connectivity index (χ1v) is 15.1. The number of thioether (sulfide) groups is 1. The van der Waals surface area contributed by atoms with Gasteiger partial charge in [0.05, 0.1) is 25.4 Å². The van der Waals surface area contributed by atoms with Crippen LogP contribution in [0.15, 0.2) is 17.1 Å². The van der Waals surface area contributed by atoms with Gasteiger partial charge in [-0.2, -0.15) is 4.98 Å². The van der Waals surface area contributed by atoms with Crippen LogP contribution in [0.3, 0.4) is 0 Å². The van der Waals surface area contributed by atoms with E-state index in [9.17, 15) is 18.9 Å². The van der Waals surface area contributed by atoms with Gasteiger partial charge in [0.2, 0.25) is 0 Å². The monoisotopic (exact) mass is 616 g/mol. The first kappa shape index (κ1) is 33.0. The summed E-state index contributed by atoms with van der Waals surface area (Å²) in [5.41, 5.74) is 4.28. The van der Waals surface area contributed by atoms with E-state index in [0.29, 0.717) is 0 Å². The molecule has 0 bridgehead atoms. The van der Waals surface area contributed by atoms with E-state index in [1.807, 2.05) is 0 Å². The van der Waals surface area contributed by atoms with Gasteiger partial charge in [-0.15, -0.1) is 0 Å². The standard InChI is InChI=1S/C22H35Cl2N4O8PS/c1-13(2)35-17(29)14(3)27-37(32,33-9-10-38-19(30)21(4,5)6)34-12-15-11-22(23,24)18(36-15)28-8-7-16(25)26-20(28)31/h7-8,13-15,18H,9-12H2,1-6H3,(H,27,32)(H2,25,26,31)/t14-,15-,18+,37-/m0/s1. The zero-order valence-corrected chi connectivity index (χ0v) is 25.4. The molecular formula is C22H35Cl2N4O8PS. The average molecular weight is 617 g/mol. The molecule has 0 spiro atoms. The van der Waals surface area contributed by atoms with E-state index in [4.69, 9.17) is 47.5 Å². The Morgan fingerprint density at radius 3 is 2.58 bits per heavy atom. The minimum Gasteiger partial charge on any atom is -0.462 e. The fourth-order valence-corrected chi connectivity index (χ4v) is 6.20. The van der Waals surface area contributed by atoms with Crippen molar-refractivity contribution in [3.63, 3.8) is 0 Å². The lowest BCUT2D eigenvalue weighted by Crippen LogP contribution is -2.36. The number of carbonyl (C=O) groups is 2. The summed E-state index contributed by atoms with van der Waals surface area (Å²) in [5, 5.41) is 2.50. The van der Waals surface area contributed by atoms with Crippen molar-refractivity contribution in [3.8, 4) is 0 Å². The van der Waals surface area contributed by atoms with Crippen LogP contribution in [0.2, 0.25) is 0 Å². The number of nitrogens with one attached hydrogen (secondary N) is 1. The zero-order valence-electron chi connectivity index (χ0n) is 22.1. The van der Waals surface area contributed by atoms with E-state index >= 15 is 0 Å². The largest absolute Gasteiger partial charge is 0.462 e. The van der Waals surface area contributed by atoms with Crippen molar-refractivity contribution < 1.29 is 32.7 Å². The Morgan fingerprint density at radius 1 is 1.34 bits per heavy atom. The van der Waals surface area contributed by atoms with Crippen molar-refractivity contribution >= 4 is 59.6 Å². The number of nitrogens with two attached hydrogens (primary N) is 1. The molecule has 1 fully saturated rings. The quantitative estimate of drug-likeness (QED) is 0.152. The third-order valence-corrected chi connectivity index (χ3v) is 8.61. The molecule has 0 saturated carbocycles. The maximum atomic E-state index is 13.6. The van der Waals surface area contributed by atoms with Gasteiger partial charge in [-0.3, -0.25) is 23.2 Å². The fraction of sp³-hybridized carbons (Fsp3) is 0.727. The number of nitrogens with zero attached hydrogens (tertiary/aromatic N) is 2. The molecule has 1 aliphatic heterocycles. The highest BCUT2D eigenvalue weighted by molar-refractivity contribution is 8.13. The number of nitrogen functional groups attached to an aromatic ring is 1. The highest BCUT2D eigenvalue weighted by Gasteiger charge is 2.48. The minimum atomic E-state index is -4.11. The summed E-state index contributed by atoms with van der Waals surface area (Å²) in [7, 11) is -4.11. The van der Waals surface area contributed by atoms with Crippen molar-refractivity contribution in [2.75, 3.05) is 24.7 Å². The van der Waals surface area contributed by atoms with Crippen molar-refractivity contribution in [2.45, 2.75) is 76.8 Å². The number of alkyl halides is 2. The molecule has 0 unspecified atom stereocenters. The van der Waals surface area contributed by atoms with Crippen LogP contribution in [0, 0.1) is 5.41 Å². The molecule has 1 aliphatic rings. The van der Waals surface area contributed by atoms with Crippen LogP contribution >= 0.6 is 42.7 Å². The number of rotatable bonds is 12. The van der Waals surface area contributed by atoms with Gasteiger partial charge in [-0.25, -0.2) is 14.4 Å². The normalized spacial score (nSPS) is 21.7. The molecule has 0 aromatic carbocycles. The lowest BCUT2D eigenvalue weighted by molar-refractivity contribution is -0.149. The fourth-order valence-electron chi connectivity index (χ4n) is 3.13. The molecule has 216 valence electrons. The topological polar surface area (TPSA) is 161 Å². The number of carbonyl (C=O) groups excluding carboxylic acids is 2. The van der Waals surface area contributed by atoms with Gasteiger partial charge in [-0.05, 0) is 26.8 Å². The summed E-state index contributed by atoms with van der Waals surface area (Å²) in [6.45, 7) is 9.76. The third-order valence-electron chi connectivity index (χ3n) is 4.96. The predicted molar refractivity (Wildman–Crippen MR) is 146 cm³/mol. The first-order chi connectivity index (χ1) is 17.4. The molecule has 3 N–H and O–H groups in total. The second-order valence-electron chi connectivity index (χ2n) is 9.97. The number of hydrogen-bond acceptors (Lipinski definition) is 11. The van der Waals surface area contributed by atoms with Crippen LogP contribution in [-0.2, 0) is 32.7 Å². The third kappa shape index (κ3) is 9.78. The molecule has 1 aromatic heterocycles. The Kier molecular flexibility index (Phi) is 11.7. The maximum Gasteiger partial charge on any atom is 0.406 e. The van der Waals surface area contributed by atoms with Gasteiger partial charge in [0.15, 0.2) is 15.7 Å². The predicted octanol–water partition coefficient (Wildman–Crippen LogP) is 3.66. The molecule has 1 aromatic rings. The minimum absolute atomic E-state index is 0.0124. The van der Waals surface area contributed by atoms with Gasteiger partial charge in [-0.1, -0.05) is 55.7 Å². The summed E-state index contributed by atoms with van der Waals surface area (Å²) < 4.78 is 35.2. The van der Waals surface area contributed by atoms with Gasteiger partial charge >= 0.3 is 19.4 Å². The molecule has 12 nitrogen and oxygen atoms in total. The van der Waals surface area contributed by atoms with E-state index in [2.05, 4.69) is 10.1 Å². The van der Waals surface area contributed by atoms with E-state index in [1.54, 1.807) is 34.6 Å². The van der Waals surface area contributed by atoms with Crippen molar-refractivity contribution in [1.82, 2.24) is 14.6 Å². The molecule has 0 amide bonds.